The van der Waals surface area contributed by atoms with E-state index < -0.39 is 0 Å². The summed E-state index contributed by atoms with van der Waals surface area (Å²) in [5.74, 6) is 0.260. The molecule has 6 nitrogen and oxygen atoms in total. The van der Waals surface area contributed by atoms with Crippen molar-refractivity contribution < 1.29 is 9.21 Å². The first-order valence-corrected chi connectivity index (χ1v) is 12.0. The Morgan fingerprint density at radius 2 is 1.59 bits per heavy atom. The Bertz CT molecular complexity index is 1710. The van der Waals surface area contributed by atoms with Gasteiger partial charge in [-0.2, -0.15) is 5.26 Å². The molecule has 5 aromatic rings. The van der Waals surface area contributed by atoms with Gasteiger partial charge >= 0.3 is 0 Å². The van der Waals surface area contributed by atoms with E-state index in [1.165, 1.54) is 0 Å². The van der Waals surface area contributed by atoms with Crippen molar-refractivity contribution in [2.75, 3.05) is 5.32 Å². The Morgan fingerprint density at radius 1 is 0.919 bits per heavy atom. The van der Waals surface area contributed by atoms with E-state index in [9.17, 15) is 14.9 Å². The standard InChI is InChI=1S/C31H25N3O3/c1-20-10-9-15-24-21(2)18-27(36)34(29(20)24)17-16-26(35)33-31-25(19-32)28(22-11-5-3-6-12-22)30(37-31)23-13-7-4-8-14-23/h3-15,18H,16-17H2,1-2H3,(H,33,35). The van der Waals surface area contributed by atoms with E-state index in [1.54, 1.807) is 10.6 Å². The monoisotopic (exact) mass is 487 g/mol. The summed E-state index contributed by atoms with van der Waals surface area (Å²) in [6.07, 6.45) is 0.0410. The first-order chi connectivity index (χ1) is 18.0. The zero-order valence-electron chi connectivity index (χ0n) is 20.6. The van der Waals surface area contributed by atoms with Gasteiger partial charge in [0.2, 0.25) is 11.8 Å². The number of nitrogens with one attached hydrogen (secondary N) is 1. The van der Waals surface area contributed by atoms with E-state index in [4.69, 9.17) is 4.42 Å². The number of carbonyl (C=O) groups excluding carboxylic acids is 1. The van der Waals surface area contributed by atoms with E-state index in [2.05, 4.69) is 11.4 Å². The van der Waals surface area contributed by atoms with Gasteiger partial charge < -0.3 is 8.98 Å². The van der Waals surface area contributed by atoms with E-state index in [-0.39, 0.29) is 35.9 Å². The van der Waals surface area contributed by atoms with Gasteiger partial charge in [0.05, 0.1) is 5.52 Å². The van der Waals surface area contributed by atoms with Crippen LogP contribution in [0.5, 0.6) is 0 Å². The van der Waals surface area contributed by atoms with E-state index >= 15 is 0 Å². The fourth-order valence-corrected chi connectivity index (χ4v) is 4.71. The number of furan rings is 1. The largest absolute Gasteiger partial charge is 0.438 e. The van der Waals surface area contributed by atoms with E-state index in [1.807, 2.05) is 92.7 Å². The van der Waals surface area contributed by atoms with Crippen LogP contribution in [0.3, 0.4) is 0 Å². The third-order valence-corrected chi connectivity index (χ3v) is 6.47. The van der Waals surface area contributed by atoms with Crippen LogP contribution in [0, 0.1) is 25.2 Å². The molecule has 0 bridgehead atoms. The fourth-order valence-electron chi connectivity index (χ4n) is 4.71. The smallest absolute Gasteiger partial charge is 0.251 e. The van der Waals surface area contributed by atoms with Gasteiger partial charge in [0.1, 0.15) is 17.4 Å². The number of benzene rings is 3. The van der Waals surface area contributed by atoms with Gasteiger partial charge in [-0.25, -0.2) is 0 Å². The quantitative estimate of drug-likeness (QED) is 0.298. The van der Waals surface area contributed by atoms with Crippen LogP contribution in [0.4, 0.5) is 5.88 Å². The van der Waals surface area contributed by atoms with Crippen LogP contribution in [0.15, 0.2) is 94.1 Å². The molecule has 2 heterocycles. The van der Waals surface area contributed by atoms with E-state index in [0.29, 0.717) is 11.3 Å². The molecule has 0 aliphatic heterocycles. The van der Waals surface area contributed by atoms with Crippen molar-refractivity contribution >= 4 is 22.7 Å². The Kier molecular flexibility index (Phi) is 6.44. The molecule has 0 aliphatic carbocycles. The van der Waals surface area contributed by atoms with Crippen LogP contribution in [-0.2, 0) is 11.3 Å². The van der Waals surface area contributed by atoms with Crippen LogP contribution in [0.1, 0.15) is 23.1 Å². The molecule has 0 saturated heterocycles. The summed E-state index contributed by atoms with van der Waals surface area (Å²) < 4.78 is 7.74. The lowest BCUT2D eigenvalue weighted by atomic mass is 9.98. The number of rotatable bonds is 6. The summed E-state index contributed by atoms with van der Waals surface area (Å²) in [5, 5.41) is 13.8. The molecule has 0 unspecified atom stereocenters. The minimum absolute atomic E-state index is 0.0410. The molecule has 3 aromatic carbocycles. The van der Waals surface area contributed by atoms with Crippen molar-refractivity contribution in [2.45, 2.75) is 26.8 Å². The molecule has 0 radical (unpaired) electrons. The van der Waals surface area contributed by atoms with E-state index in [0.717, 1.165) is 33.2 Å². The Balaban J connectivity index is 1.48. The number of aromatic nitrogens is 1. The first-order valence-electron chi connectivity index (χ1n) is 12.0. The van der Waals surface area contributed by atoms with Gasteiger partial charge in [0.15, 0.2) is 0 Å². The predicted molar refractivity (Wildman–Crippen MR) is 145 cm³/mol. The molecule has 0 aliphatic rings. The number of nitrogens with zero attached hydrogens (tertiary/aromatic N) is 2. The SMILES string of the molecule is Cc1cc(=O)n(CCC(=O)Nc2oc(-c3ccccc3)c(-c3ccccc3)c2C#N)c2c(C)cccc12. The summed E-state index contributed by atoms with van der Waals surface area (Å²) in [4.78, 5) is 25.9. The number of pyridine rings is 1. The van der Waals surface area contributed by atoms with Crippen molar-refractivity contribution in [1.82, 2.24) is 4.57 Å². The van der Waals surface area contributed by atoms with Gasteiger partial charge in [0, 0.05) is 35.5 Å². The number of anilines is 1. The van der Waals surface area contributed by atoms with Crippen molar-refractivity contribution in [3.8, 4) is 28.5 Å². The highest BCUT2D eigenvalue weighted by Gasteiger charge is 2.24. The molecular formula is C31H25N3O3. The Labute approximate surface area is 214 Å². The molecule has 37 heavy (non-hydrogen) atoms. The van der Waals surface area contributed by atoms with Gasteiger partial charge in [-0.3, -0.25) is 14.9 Å². The lowest BCUT2D eigenvalue weighted by Gasteiger charge is -2.14. The maximum atomic E-state index is 13.1. The predicted octanol–water partition coefficient (Wildman–Crippen LogP) is 6.45. The van der Waals surface area contributed by atoms with Gasteiger partial charge in [-0.05, 0) is 30.5 Å². The molecule has 1 amide bonds. The van der Waals surface area contributed by atoms with Crippen molar-refractivity contribution in [1.29, 1.82) is 5.26 Å². The third-order valence-electron chi connectivity index (χ3n) is 6.47. The van der Waals surface area contributed by atoms with Crippen LogP contribution in [0.25, 0.3) is 33.4 Å². The molecule has 182 valence electrons. The van der Waals surface area contributed by atoms with Gasteiger partial charge in [-0.1, -0.05) is 78.9 Å². The highest BCUT2D eigenvalue weighted by molar-refractivity contribution is 5.95. The maximum absolute atomic E-state index is 13.1. The first kappa shape index (κ1) is 23.8. The summed E-state index contributed by atoms with van der Waals surface area (Å²) in [6.45, 7) is 4.07. The molecule has 1 N–H and O–H groups in total. The fraction of sp³-hybridized carbons (Fsp3) is 0.129. The normalized spacial score (nSPS) is 10.8. The van der Waals surface area contributed by atoms with Crippen molar-refractivity contribution in [3.05, 3.63) is 112 Å². The molecular weight excluding hydrogens is 462 g/mol. The second-order valence-electron chi connectivity index (χ2n) is 8.94. The van der Waals surface area contributed by atoms with Crippen LogP contribution >= 0.6 is 0 Å². The number of amides is 1. The molecule has 0 saturated carbocycles. The number of aryl methyl sites for hydroxylation is 3. The molecule has 0 atom stereocenters. The second-order valence-corrected chi connectivity index (χ2v) is 8.94. The lowest BCUT2D eigenvalue weighted by Crippen LogP contribution is -2.24. The summed E-state index contributed by atoms with van der Waals surface area (Å²) >= 11 is 0. The zero-order chi connectivity index (χ0) is 25.9. The molecule has 5 rings (SSSR count). The topological polar surface area (TPSA) is 88.0 Å². The number of hydrogen-bond acceptors (Lipinski definition) is 4. The maximum Gasteiger partial charge on any atom is 0.251 e. The molecule has 0 fully saturated rings. The summed E-state index contributed by atoms with van der Waals surface area (Å²) in [6, 6.07) is 28.7. The lowest BCUT2D eigenvalue weighted by molar-refractivity contribution is -0.116. The number of para-hydroxylation sites is 1. The molecule has 2 aromatic heterocycles. The highest BCUT2D eigenvalue weighted by Crippen LogP contribution is 2.41. The highest BCUT2D eigenvalue weighted by atomic mass is 16.4. The third kappa shape index (κ3) is 4.55. The number of nitriles is 1. The number of fused-ring (bicyclic) bond motifs is 1. The molecule has 6 heteroatoms. The number of carbonyl (C=O) groups is 1. The van der Waals surface area contributed by atoms with Crippen LogP contribution in [-0.4, -0.2) is 10.5 Å². The minimum atomic E-state index is -0.348. The minimum Gasteiger partial charge on any atom is -0.438 e. The van der Waals surface area contributed by atoms with Crippen molar-refractivity contribution in [3.63, 3.8) is 0 Å². The van der Waals surface area contributed by atoms with Crippen LogP contribution in [0.2, 0.25) is 0 Å². The number of hydrogen-bond donors (Lipinski definition) is 1. The zero-order valence-corrected chi connectivity index (χ0v) is 20.6. The van der Waals surface area contributed by atoms with Crippen LogP contribution < -0.4 is 10.9 Å². The second kappa shape index (κ2) is 10.00. The Morgan fingerprint density at radius 3 is 2.27 bits per heavy atom. The summed E-state index contributed by atoms with van der Waals surface area (Å²) in [5.41, 5.74) is 5.04. The Hall–Kier alpha value is -4.89. The molecule has 0 spiro atoms. The van der Waals surface area contributed by atoms with Crippen molar-refractivity contribution in [2.24, 2.45) is 0 Å². The average molecular weight is 488 g/mol. The average Bonchev–Trinajstić information content (AvgIpc) is 3.28. The van der Waals surface area contributed by atoms with Gasteiger partial charge in [-0.15, -0.1) is 0 Å². The van der Waals surface area contributed by atoms with Gasteiger partial charge in [0.25, 0.3) is 5.56 Å². The summed E-state index contributed by atoms with van der Waals surface area (Å²) in [7, 11) is 0.